The van der Waals surface area contributed by atoms with Gasteiger partial charge in [-0.1, -0.05) is 6.07 Å². The SMILES string of the molecule is NC(Cc1c(F)cccc1F)c1ccoc1Cl. The van der Waals surface area contributed by atoms with Gasteiger partial charge in [0, 0.05) is 17.2 Å². The van der Waals surface area contributed by atoms with Crippen molar-refractivity contribution < 1.29 is 13.2 Å². The third-order valence-electron chi connectivity index (χ3n) is 2.53. The fourth-order valence-electron chi connectivity index (χ4n) is 1.63. The lowest BCUT2D eigenvalue weighted by Gasteiger charge is -2.11. The van der Waals surface area contributed by atoms with Gasteiger partial charge in [-0.3, -0.25) is 0 Å². The molecule has 2 nitrogen and oxygen atoms in total. The number of furan rings is 1. The van der Waals surface area contributed by atoms with Crippen LogP contribution in [0.15, 0.2) is 34.9 Å². The number of halogens is 3. The Morgan fingerprint density at radius 1 is 1.24 bits per heavy atom. The van der Waals surface area contributed by atoms with Crippen LogP contribution in [0.2, 0.25) is 5.22 Å². The predicted molar refractivity (Wildman–Crippen MR) is 60.7 cm³/mol. The molecule has 0 spiro atoms. The molecule has 17 heavy (non-hydrogen) atoms. The van der Waals surface area contributed by atoms with Crippen LogP contribution in [0.1, 0.15) is 17.2 Å². The normalized spacial score (nSPS) is 12.7. The number of hydrogen-bond donors (Lipinski definition) is 1. The van der Waals surface area contributed by atoms with Crippen LogP contribution < -0.4 is 5.73 Å². The third kappa shape index (κ3) is 2.48. The maximum atomic E-state index is 13.4. The van der Waals surface area contributed by atoms with Crippen LogP contribution in [-0.2, 0) is 6.42 Å². The van der Waals surface area contributed by atoms with E-state index in [1.807, 2.05) is 0 Å². The highest BCUT2D eigenvalue weighted by molar-refractivity contribution is 6.29. The van der Waals surface area contributed by atoms with Gasteiger partial charge in [0.1, 0.15) is 11.6 Å². The standard InChI is InChI=1S/C12H10ClF2NO/c13-12-7(4-5-17-12)11(16)6-8-9(14)2-1-3-10(8)15/h1-5,11H,6,16H2. The summed E-state index contributed by atoms with van der Waals surface area (Å²) in [7, 11) is 0. The molecule has 2 N–H and O–H groups in total. The smallest absolute Gasteiger partial charge is 0.197 e. The molecule has 2 rings (SSSR count). The lowest BCUT2D eigenvalue weighted by atomic mass is 10.0. The van der Waals surface area contributed by atoms with Crippen LogP contribution in [0.4, 0.5) is 8.78 Å². The molecule has 0 aliphatic heterocycles. The van der Waals surface area contributed by atoms with E-state index in [-0.39, 0.29) is 17.2 Å². The van der Waals surface area contributed by atoms with Crippen molar-refractivity contribution in [2.75, 3.05) is 0 Å². The first-order valence-corrected chi connectivity index (χ1v) is 5.38. The van der Waals surface area contributed by atoms with E-state index in [1.54, 1.807) is 6.07 Å². The Balaban J connectivity index is 2.25. The quantitative estimate of drug-likeness (QED) is 0.915. The average Bonchev–Trinajstić information content (AvgIpc) is 2.70. The molecular weight excluding hydrogens is 248 g/mol. The van der Waals surface area contributed by atoms with Gasteiger partial charge in [0.05, 0.1) is 6.26 Å². The molecule has 0 bridgehead atoms. The maximum absolute atomic E-state index is 13.4. The molecule has 1 unspecified atom stereocenters. The number of nitrogens with two attached hydrogens (primary N) is 1. The molecule has 90 valence electrons. The van der Waals surface area contributed by atoms with Gasteiger partial charge in [-0.05, 0) is 36.2 Å². The minimum Gasteiger partial charge on any atom is -0.453 e. The monoisotopic (exact) mass is 257 g/mol. The number of hydrogen-bond acceptors (Lipinski definition) is 2. The fourth-order valence-corrected chi connectivity index (χ4v) is 1.88. The van der Waals surface area contributed by atoms with Gasteiger partial charge >= 0.3 is 0 Å². The molecule has 1 aromatic heterocycles. The predicted octanol–water partition coefficient (Wildman–Crippen LogP) is 3.45. The molecule has 1 atom stereocenters. The summed E-state index contributed by atoms with van der Waals surface area (Å²) in [5.74, 6) is -1.22. The summed E-state index contributed by atoms with van der Waals surface area (Å²) in [6.45, 7) is 0. The average molecular weight is 258 g/mol. The van der Waals surface area contributed by atoms with Crippen LogP contribution in [0.25, 0.3) is 0 Å². The molecule has 0 aliphatic carbocycles. The lowest BCUT2D eigenvalue weighted by Crippen LogP contribution is -2.14. The van der Waals surface area contributed by atoms with Gasteiger partial charge in [0.25, 0.3) is 0 Å². The summed E-state index contributed by atoms with van der Waals surface area (Å²) in [6.07, 6.45) is 1.41. The van der Waals surface area contributed by atoms with Gasteiger partial charge < -0.3 is 10.2 Å². The molecule has 0 saturated heterocycles. The number of benzene rings is 1. The summed E-state index contributed by atoms with van der Waals surface area (Å²) in [5, 5.41) is 0.147. The van der Waals surface area contributed by atoms with Crippen molar-refractivity contribution >= 4 is 11.6 Å². The molecule has 0 amide bonds. The van der Waals surface area contributed by atoms with Gasteiger partial charge in [0.15, 0.2) is 5.22 Å². The fraction of sp³-hybridized carbons (Fsp3) is 0.167. The Labute approximate surface area is 102 Å². The minimum absolute atomic E-state index is 0.0256. The first-order valence-electron chi connectivity index (χ1n) is 5.01. The van der Waals surface area contributed by atoms with E-state index in [2.05, 4.69) is 0 Å². The molecular formula is C12H10ClF2NO. The van der Waals surface area contributed by atoms with E-state index >= 15 is 0 Å². The van der Waals surface area contributed by atoms with Crippen molar-refractivity contribution in [3.05, 3.63) is 58.5 Å². The lowest BCUT2D eigenvalue weighted by molar-refractivity contribution is 0.533. The Hall–Kier alpha value is -1.39. The third-order valence-corrected chi connectivity index (χ3v) is 2.84. The van der Waals surface area contributed by atoms with E-state index in [0.29, 0.717) is 5.56 Å². The maximum Gasteiger partial charge on any atom is 0.197 e. The zero-order valence-electron chi connectivity index (χ0n) is 8.79. The largest absolute Gasteiger partial charge is 0.453 e. The molecule has 1 heterocycles. The highest BCUT2D eigenvalue weighted by Crippen LogP contribution is 2.26. The second kappa shape index (κ2) is 4.85. The second-order valence-electron chi connectivity index (χ2n) is 3.66. The second-order valence-corrected chi connectivity index (χ2v) is 4.00. The van der Waals surface area contributed by atoms with Crippen molar-refractivity contribution in [2.45, 2.75) is 12.5 Å². The summed E-state index contributed by atoms with van der Waals surface area (Å²) in [4.78, 5) is 0. The van der Waals surface area contributed by atoms with Gasteiger partial charge in [-0.2, -0.15) is 0 Å². The van der Waals surface area contributed by atoms with Crippen molar-refractivity contribution in [1.29, 1.82) is 0 Å². The van der Waals surface area contributed by atoms with E-state index < -0.39 is 17.7 Å². The van der Waals surface area contributed by atoms with Gasteiger partial charge in [-0.25, -0.2) is 8.78 Å². The van der Waals surface area contributed by atoms with E-state index in [4.69, 9.17) is 21.8 Å². The molecule has 0 saturated carbocycles. The summed E-state index contributed by atoms with van der Waals surface area (Å²) in [6, 6.07) is 4.69. The van der Waals surface area contributed by atoms with Crippen molar-refractivity contribution in [2.24, 2.45) is 5.73 Å². The minimum atomic E-state index is -0.611. The molecule has 5 heteroatoms. The van der Waals surface area contributed by atoms with Crippen LogP contribution in [0, 0.1) is 11.6 Å². The topological polar surface area (TPSA) is 39.2 Å². The Morgan fingerprint density at radius 2 is 1.88 bits per heavy atom. The molecule has 0 radical (unpaired) electrons. The summed E-state index contributed by atoms with van der Waals surface area (Å²) in [5.41, 5.74) is 6.32. The Morgan fingerprint density at radius 3 is 2.41 bits per heavy atom. The zero-order chi connectivity index (χ0) is 12.4. The van der Waals surface area contributed by atoms with Crippen molar-refractivity contribution in [3.8, 4) is 0 Å². The Bertz CT molecular complexity index is 507. The van der Waals surface area contributed by atoms with E-state index in [0.717, 1.165) is 0 Å². The molecule has 0 fully saturated rings. The van der Waals surface area contributed by atoms with Crippen LogP contribution >= 0.6 is 11.6 Å². The van der Waals surface area contributed by atoms with E-state index in [9.17, 15) is 8.78 Å². The van der Waals surface area contributed by atoms with Crippen LogP contribution in [0.5, 0.6) is 0 Å². The van der Waals surface area contributed by atoms with Gasteiger partial charge in [0.2, 0.25) is 0 Å². The highest BCUT2D eigenvalue weighted by atomic mass is 35.5. The Kier molecular flexibility index (Phi) is 3.45. The summed E-state index contributed by atoms with van der Waals surface area (Å²) < 4.78 is 31.7. The number of rotatable bonds is 3. The van der Waals surface area contributed by atoms with Crippen LogP contribution in [-0.4, -0.2) is 0 Å². The summed E-state index contributed by atoms with van der Waals surface area (Å²) >= 11 is 5.75. The molecule has 0 aliphatic rings. The first-order chi connectivity index (χ1) is 8.09. The van der Waals surface area contributed by atoms with Crippen LogP contribution in [0.3, 0.4) is 0 Å². The molecule has 1 aromatic carbocycles. The van der Waals surface area contributed by atoms with Gasteiger partial charge in [-0.15, -0.1) is 0 Å². The highest BCUT2D eigenvalue weighted by Gasteiger charge is 2.17. The van der Waals surface area contributed by atoms with E-state index in [1.165, 1.54) is 24.5 Å². The molecule has 2 aromatic rings. The first kappa shape index (κ1) is 12.1. The zero-order valence-corrected chi connectivity index (χ0v) is 9.55. The van der Waals surface area contributed by atoms with Crippen molar-refractivity contribution in [1.82, 2.24) is 0 Å². The van der Waals surface area contributed by atoms with Crippen molar-refractivity contribution in [3.63, 3.8) is 0 Å².